The zero-order valence-corrected chi connectivity index (χ0v) is 13.3. The Balaban J connectivity index is 2.36. The number of carbonyl (C=O) groups is 2. The molecule has 0 fully saturated rings. The van der Waals surface area contributed by atoms with E-state index in [-0.39, 0.29) is 5.97 Å². The minimum atomic E-state index is -0.922. The number of ether oxygens (including phenoxy) is 1. The molecule has 1 aliphatic heterocycles. The molecule has 22 heavy (non-hydrogen) atoms. The molecule has 1 aromatic carbocycles. The molecule has 1 amide bonds. The topological polar surface area (TPSA) is 66.8 Å². The number of halogens is 1. The Labute approximate surface area is 134 Å². The highest BCUT2D eigenvalue weighted by molar-refractivity contribution is 6.30. The highest BCUT2D eigenvalue weighted by Crippen LogP contribution is 2.32. The Hall–Kier alpha value is -2.01. The molecule has 0 spiro atoms. The maximum absolute atomic E-state index is 11.8. The SMILES string of the molecule is COC(=O)C(C)c1cc(Cl)ccc1C1=CCN(C(=O)O)CC1. The lowest BCUT2D eigenvalue weighted by Crippen LogP contribution is -2.33. The van der Waals surface area contributed by atoms with Crippen molar-refractivity contribution in [3.05, 3.63) is 40.4 Å². The molecule has 1 aliphatic rings. The number of amides is 1. The smallest absolute Gasteiger partial charge is 0.407 e. The lowest BCUT2D eigenvalue weighted by Gasteiger charge is -2.25. The Morgan fingerprint density at radius 1 is 1.41 bits per heavy atom. The van der Waals surface area contributed by atoms with Crippen LogP contribution in [0.5, 0.6) is 0 Å². The van der Waals surface area contributed by atoms with Crippen LogP contribution in [0.15, 0.2) is 24.3 Å². The Morgan fingerprint density at radius 3 is 2.68 bits per heavy atom. The van der Waals surface area contributed by atoms with Gasteiger partial charge in [-0.2, -0.15) is 0 Å². The van der Waals surface area contributed by atoms with Crippen molar-refractivity contribution in [2.75, 3.05) is 20.2 Å². The fraction of sp³-hybridized carbons (Fsp3) is 0.375. The number of nitrogens with zero attached hydrogens (tertiary/aromatic N) is 1. The van der Waals surface area contributed by atoms with Gasteiger partial charge < -0.3 is 14.7 Å². The van der Waals surface area contributed by atoms with Gasteiger partial charge in [-0.1, -0.05) is 23.7 Å². The minimum Gasteiger partial charge on any atom is -0.469 e. The standard InChI is InChI=1S/C16H18ClNO4/c1-10(15(19)22-2)14-9-12(17)3-4-13(14)11-5-7-18(8-6-11)16(20)21/h3-5,9-10H,6-8H2,1-2H3,(H,20,21). The Bertz CT molecular complexity index is 627. The first kappa shape index (κ1) is 16.4. The van der Waals surface area contributed by atoms with Gasteiger partial charge in [-0.15, -0.1) is 0 Å². The molecule has 5 nitrogen and oxygen atoms in total. The first-order valence-electron chi connectivity index (χ1n) is 6.98. The molecule has 1 atom stereocenters. The third-order valence-corrected chi connectivity index (χ3v) is 4.10. The van der Waals surface area contributed by atoms with Crippen LogP contribution in [0.4, 0.5) is 4.79 Å². The van der Waals surface area contributed by atoms with Crippen molar-refractivity contribution >= 4 is 29.2 Å². The molecule has 0 aliphatic carbocycles. The molecule has 0 aromatic heterocycles. The molecule has 0 radical (unpaired) electrons. The molecule has 6 heteroatoms. The van der Waals surface area contributed by atoms with Crippen LogP contribution >= 0.6 is 11.6 Å². The number of rotatable bonds is 3. The van der Waals surface area contributed by atoms with E-state index in [0.717, 1.165) is 16.7 Å². The van der Waals surface area contributed by atoms with Gasteiger partial charge in [0.25, 0.3) is 0 Å². The summed E-state index contributed by atoms with van der Waals surface area (Å²) in [5, 5.41) is 9.55. The van der Waals surface area contributed by atoms with Crippen LogP contribution in [0.25, 0.3) is 5.57 Å². The quantitative estimate of drug-likeness (QED) is 0.866. The van der Waals surface area contributed by atoms with Gasteiger partial charge in [0.15, 0.2) is 0 Å². The monoisotopic (exact) mass is 323 g/mol. The molecule has 0 bridgehead atoms. The van der Waals surface area contributed by atoms with E-state index in [2.05, 4.69) is 0 Å². The summed E-state index contributed by atoms with van der Waals surface area (Å²) >= 11 is 6.05. The van der Waals surface area contributed by atoms with Gasteiger partial charge >= 0.3 is 12.1 Å². The largest absolute Gasteiger partial charge is 0.469 e. The highest BCUT2D eigenvalue weighted by Gasteiger charge is 2.23. The Kier molecular flexibility index (Phi) is 5.08. The normalized spacial score (nSPS) is 16.0. The van der Waals surface area contributed by atoms with Gasteiger partial charge in [0.2, 0.25) is 0 Å². The summed E-state index contributed by atoms with van der Waals surface area (Å²) in [5.41, 5.74) is 2.75. The van der Waals surface area contributed by atoms with Gasteiger partial charge in [0.05, 0.1) is 13.0 Å². The number of hydrogen-bond acceptors (Lipinski definition) is 3. The number of esters is 1. The van der Waals surface area contributed by atoms with E-state index in [0.29, 0.717) is 24.5 Å². The van der Waals surface area contributed by atoms with E-state index >= 15 is 0 Å². The van der Waals surface area contributed by atoms with Gasteiger partial charge in [0.1, 0.15) is 0 Å². The van der Waals surface area contributed by atoms with Crippen molar-refractivity contribution in [1.29, 1.82) is 0 Å². The van der Waals surface area contributed by atoms with Gasteiger partial charge in [0, 0.05) is 18.1 Å². The molecule has 2 rings (SSSR count). The molecule has 118 valence electrons. The van der Waals surface area contributed by atoms with Gasteiger partial charge in [-0.3, -0.25) is 4.79 Å². The number of carbonyl (C=O) groups excluding carboxylic acids is 1. The zero-order valence-electron chi connectivity index (χ0n) is 12.5. The number of methoxy groups -OCH3 is 1. The lowest BCUT2D eigenvalue weighted by molar-refractivity contribution is -0.142. The van der Waals surface area contributed by atoms with Crippen LogP contribution in [0.1, 0.15) is 30.4 Å². The molecular formula is C16H18ClNO4. The molecule has 1 heterocycles. The van der Waals surface area contributed by atoms with Crippen molar-refractivity contribution in [3.8, 4) is 0 Å². The first-order chi connectivity index (χ1) is 10.4. The van der Waals surface area contributed by atoms with Crippen LogP contribution in [0, 0.1) is 0 Å². The predicted molar refractivity (Wildman–Crippen MR) is 84.1 cm³/mol. The molecular weight excluding hydrogens is 306 g/mol. The third-order valence-electron chi connectivity index (χ3n) is 3.86. The predicted octanol–water partition coefficient (Wildman–Crippen LogP) is 3.38. The summed E-state index contributed by atoms with van der Waals surface area (Å²) in [5.74, 6) is -0.760. The van der Waals surface area contributed by atoms with E-state index in [9.17, 15) is 9.59 Å². The van der Waals surface area contributed by atoms with Crippen LogP contribution in [-0.4, -0.2) is 42.3 Å². The molecule has 1 unspecified atom stereocenters. The van der Waals surface area contributed by atoms with Crippen molar-refractivity contribution in [3.63, 3.8) is 0 Å². The maximum Gasteiger partial charge on any atom is 0.407 e. The van der Waals surface area contributed by atoms with E-state index in [1.165, 1.54) is 12.0 Å². The van der Waals surface area contributed by atoms with Crippen LogP contribution in [-0.2, 0) is 9.53 Å². The average Bonchev–Trinajstić information content (AvgIpc) is 2.53. The fourth-order valence-corrected chi connectivity index (χ4v) is 2.76. The van der Waals surface area contributed by atoms with E-state index in [4.69, 9.17) is 21.4 Å². The highest BCUT2D eigenvalue weighted by atomic mass is 35.5. The van der Waals surface area contributed by atoms with Crippen LogP contribution < -0.4 is 0 Å². The average molecular weight is 324 g/mol. The number of benzene rings is 1. The first-order valence-corrected chi connectivity index (χ1v) is 7.36. The van der Waals surface area contributed by atoms with Gasteiger partial charge in [-0.25, -0.2) is 4.79 Å². The summed E-state index contributed by atoms with van der Waals surface area (Å²) < 4.78 is 4.81. The number of hydrogen-bond donors (Lipinski definition) is 1. The van der Waals surface area contributed by atoms with Crippen molar-refractivity contribution < 1.29 is 19.4 Å². The molecule has 0 saturated carbocycles. The molecule has 0 saturated heterocycles. The minimum absolute atomic E-state index is 0.327. The van der Waals surface area contributed by atoms with E-state index in [1.807, 2.05) is 12.1 Å². The van der Waals surface area contributed by atoms with E-state index < -0.39 is 12.0 Å². The second-order valence-electron chi connectivity index (χ2n) is 5.18. The van der Waals surface area contributed by atoms with Gasteiger partial charge in [-0.05, 0) is 42.2 Å². The van der Waals surface area contributed by atoms with Crippen LogP contribution in [0.3, 0.4) is 0 Å². The molecule has 1 N–H and O–H groups in total. The zero-order chi connectivity index (χ0) is 16.3. The third kappa shape index (κ3) is 3.42. The molecule has 1 aromatic rings. The summed E-state index contributed by atoms with van der Waals surface area (Å²) in [6, 6.07) is 5.41. The van der Waals surface area contributed by atoms with Crippen molar-refractivity contribution in [2.24, 2.45) is 0 Å². The van der Waals surface area contributed by atoms with Crippen molar-refractivity contribution in [2.45, 2.75) is 19.3 Å². The van der Waals surface area contributed by atoms with Crippen molar-refractivity contribution in [1.82, 2.24) is 4.90 Å². The fourth-order valence-electron chi connectivity index (χ4n) is 2.58. The summed E-state index contributed by atoms with van der Waals surface area (Å²) in [6.45, 7) is 2.56. The summed E-state index contributed by atoms with van der Waals surface area (Å²) in [6.07, 6.45) is 1.57. The summed E-state index contributed by atoms with van der Waals surface area (Å²) in [4.78, 5) is 24.1. The maximum atomic E-state index is 11.8. The number of carboxylic acid groups (broad SMARTS) is 1. The van der Waals surface area contributed by atoms with E-state index in [1.54, 1.807) is 19.1 Å². The second-order valence-corrected chi connectivity index (χ2v) is 5.62. The Morgan fingerprint density at radius 2 is 2.14 bits per heavy atom. The van der Waals surface area contributed by atoms with Crippen LogP contribution in [0.2, 0.25) is 5.02 Å². The summed E-state index contributed by atoms with van der Waals surface area (Å²) in [7, 11) is 1.35. The second kappa shape index (κ2) is 6.83. The lowest BCUT2D eigenvalue weighted by atomic mass is 9.89.